The number of hydrogen-bond donors (Lipinski definition) is 2. The molecule has 0 fully saturated rings. The van der Waals surface area contributed by atoms with E-state index in [9.17, 15) is 4.39 Å². The van der Waals surface area contributed by atoms with E-state index in [2.05, 4.69) is 0 Å². The van der Waals surface area contributed by atoms with Crippen molar-refractivity contribution in [2.24, 2.45) is 0 Å². The van der Waals surface area contributed by atoms with E-state index in [1.165, 1.54) is 12.1 Å². The Labute approximate surface area is 129 Å². The lowest BCUT2D eigenvalue weighted by molar-refractivity contribution is 0.0229. The highest BCUT2D eigenvalue weighted by Gasteiger charge is 2.02. The number of aliphatic hydroxyl groups is 1. The molecule has 0 unspecified atom stereocenters. The Morgan fingerprint density at radius 1 is 0.864 bits per heavy atom. The Balaban J connectivity index is 1.88. The first-order chi connectivity index (χ1) is 10.7. The minimum absolute atomic E-state index is 0.0205. The maximum absolute atomic E-state index is 13.0. The smallest absolute Gasteiger partial charge is 0.168 e. The zero-order valence-corrected chi connectivity index (χ0v) is 12.5. The van der Waals surface area contributed by atoms with E-state index in [0.717, 1.165) is 12.5 Å². The normalized spacial score (nSPS) is 10.8. The molecule has 0 atom stereocenters. The highest BCUT2D eigenvalue weighted by molar-refractivity contribution is 5.31. The molecule has 22 heavy (non-hydrogen) atoms. The van der Waals surface area contributed by atoms with Gasteiger partial charge in [-0.1, -0.05) is 0 Å². The van der Waals surface area contributed by atoms with Gasteiger partial charge in [0.1, 0.15) is 12.4 Å². The zero-order chi connectivity index (χ0) is 16.0. The van der Waals surface area contributed by atoms with Crippen LogP contribution in [0, 0.1) is 5.82 Å². The van der Waals surface area contributed by atoms with Gasteiger partial charge < -0.3 is 29.2 Å². The van der Waals surface area contributed by atoms with E-state index < -0.39 is 11.6 Å². The molecule has 1 aromatic rings. The van der Waals surface area contributed by atoms with Gasteiger partial charge in [0.2, 0.25) is 0 Å². The summed E-state index contributed by atoms with van der Waals surface area (Å²) in [7, 11) is 0. The summed E-state index contributed by atoms with van der Waals surface area (Å²) in [6.07, 6.45) is 0.758. The molecule has 0 aliphatic heterocycles. The van der Waals surface area contributed by atoms with Crippen LogP contribution in [-0.2, 0) is 14.2 Å². The fraction of sp³-hybridized carbons (Fsp3) is 0.600. The highest BCUT2D eigenvalue weighted by atomic mass is 19.1. The molecule has 0 spiro atoms. The summed E-state index contributed by atoms with van der Waals surface area (Å²) in [5.74, 6) is -0.756. The lowest BCUT2D eigenvalue weighted by Crippen LogP contribution is -2.11. The van der Waals surface area contributed by atoms with Gasteiger partial charge in [0, 0.05) is 19.3 Å². The second-order valence-electron chi connectivity index (χ2n) is 4.38. The molecule has 0 bridgehead atoms. The largest absolute Gasteiger partial charge is 0.505 e. The maximum atomic E-state index is 13.0. The van der Waals surface area contributed by atoms with E-state index in [1.54, 1.807) is 0 Å². The first-order valence-electron chi connectivity index (χ1n) is 7.19. The molecule has 0 aromatic heterocycles. The number of benzene rings is 1. The molecule has 1 rings (SSSR count). The molecule has 7 heteroatoms. The second-order valence-corrected chi connectivity index (χ2v) is 4.38. The number of aromatic hydroxyl groups is 1. The van der Waals surface area contributed by atoms with Gasteiger partial charge in [0.05, 0.1) is 33.0 Å². The molecule has 0 amide bonds. The Bertz CT molecular complexity index is 402. The summed E-state index contributed by atoms with van der Waals surface area (Å²) in [4.78, 5) is 0. The number of phenolic OH excluding ortho intramolecular Hbond substituents is 1. The summed E-state index contributed by atoms with van der Waals surface area (Å²) in [6, 6.07) is 3.86. The van der Waals surface area contributed by atoms with Gasteiger partial charge in [-0.3, -0.25) is 0 Å². The van der Waals surface area contributed by atoms with Crippen LogP contribution in [-0.4, -0.2) is 63.1 Å². The van der Waals surface area contributed by atoms with Gasteiger partial charge in [-0.05, 0) is 18.6 Å². The minimum atomic E-state index is -0.710. The van der Waals surface area contributed by atoms with Crippen LogP contribution in [0.25, 0.3) is 0 Å². The lowest BCUT2D eigenvalue weighted by atomic mass is 10.3. The van der Waals surface area contributed by atoms with Gasteiger partial charge in [-0.25, -0.2) is 4.39 Å². The zero-order valence-electron chi connectivity index (χ0n) is 12.5. The monoisotopic (exact) mass is 318 g/mol. The third-order valence-electron chi connectivity index (χ3n) is 2.60. The van der Waals surface area contributed by atoms with Crippen LogP contribution in [0.15, 0.2) is 18.2 Å². The van der Waals surface area contributed by atoms with Gasteiger partial charge >= 0.3 is 0 Å². The Morgan fingerprint density at radius 3 is 2.14 bits per heavy atom. The third kappa shape index (κ3) is 8.78. The van der Waals surface area contributed by atoms with Gasteiger partial charge in [0.25, 0.3) is 0 Å². The first-order valence-corrected chi connectivity index (χ1v) is 7.19. The van der Waals surface area contributed by atoms with Gasteiger partial charge in [-0.2, -0.15) is 0 Å². The van der Waals surface area contributed by atoms with Crippen LogP contribution >= 0.6 is 0 Å². The molecule has 0 heterocycles. The van der Waals surface area contributed by atoms with E-state index in [0.29, 0.717) is 52.0 Å². The van der Waals surface area contributed by atoms with E-state index >= 15 is 0 Å². The van der Waals surface area contributed by atoms with Crippen LogP contribution in [0.5, 0.6) is 11.5 Å². The molecule has 0 aliphatic carbocycles. The summed E-state index contributed by atoms with van der Waals surface area (Å²) in [5, 5.41) is 17.5. The molecule has 0 radical (unpaired) electrons. The van der Waals surface area contributed by atoms with Crippen LogP contribution in [0.4, 0.5) is 4.39 Å². The average molecular weight is 318 g/mol. The quantitative estimate of drug-likeness (QED) is 0.535. The fourth-order valence-electron chi connectivity index (χ4n) is 1.55. The fourth-order valence-corrected chi connectivity index (χ4v) is 1.55. The van der Waals surface area contributed by atoms with Gasteiger partial charge in [0.15, 0.2) is 11.6 Å². The van der Waals surface area contributed by atoms with E-state index in [4.69, 9.17) is 29.2 Å². The molecule has 2 N–H and O–H groups in total. The summed E-state index contributed by atoms with van der Waals surface area (Å²) in [6.45, 7) is 3.14. The Hall–Kier alpha value is -1.41. The highest BCUT2D eigenvalue weighted by Crippen LogP contribution is 2.20. The van der Waals surface area contributed by atoms with Crippen LogP contribution in [0.1, 0.15) is 6.42 Å². The van der Waals surface area contributed by atoms with Crippen molar-refractivity contribution in [3.05, 3.63) is 24.0 Å². The predicted octanol–water partition coefficient (Wildman–Crippen LogP) is 1.34. The summed E-state index contributed by atoms with van der Waals surface area (Å²) < 4.78 is 34.0. The standard InChI is InChI=1S/C15H23FO6/c16-14-12-13(2-3-15(14)18)22-11-10-20-6-1-5-19-8-9-21-7-4-17/h2-3,12,17-18H,1,4-11H2. The number of ether oxygens (including phenoxy) is 4. The van der Waals surface area contributed by atoms with Crippen molar-refractivity contribution in [3.8, 4) is 11.5 Å². The van der Waals surface area contributed by atoms with Crippen LogP contribution in [0.3, 0.4) is 0 Å². The molecule has 6 nitrogen and oxygen atoms in total. The SMILES string of the molecule is OCCOCCOCCCOCCOc1ccc(O)c(F)c1. The van der Waals surface area contributed by atoms with Crippen LogP contribution < -0.4 is 4.74 Å². The number of rotatable bonds is 13. The summed E-state index contributed by atoms with van der Waals surface area (Å²) in [5.41, 5.74) is 0. The van der Waals surface area contributed by atoms with E-state index in [1.807, 2.05) is 0 Å². The van der Waals surface area contributed by atoms with Crippen LogP contribution in [0.2, 0.25) is 0 Å². The molecule has 1 aromatic carbocycles. The van der Waals surface area contributed by atoms with Crippen molar-refractivity contribution in [3.63, 3.8) is 0 Å². The molecular weight excluding hydrogens is 295 g/mol. The Kier molecular flexibility index (Phi) is 10.3. The van der Waals surface area contributed by atoms with Crippen molar-refractivity contribution < 1.29 is 33.6 Å². The molecule has 0 saturated heterocycles. The topological polar surface area (TPSA) is 77.4 Å². The number of hydrogen-bond acceptors (Lipinski definition) is 6. The van der Waals surface area contributed by atoms with Crippen molar-refractivity contribution in [1.29, 1.82) is 0 Å². The molecule has 0 aliphatic rings. The van der Waals surface area contributed by atoms with Gasteiger partial charge in [-0.15, -0.1) is 0 Å². The number of aliphatic hydroxyl groups excluding tert-OH is 1. The molecule has 0 saturated carbocycles. The number of halogens is 1. The Morgan fingerprint density at radius 2 is 1.50 bits per heavy atom. The lowest BCUT2D eigenvalue weighted by Gasteiger charge is -2.08. The van der Waals surface area contributed by atoms with E-state index in [-0.39, 0.29) is 6.61 Å². The number of phenols is 1. The average Bonchev–Trinajstić information content (AvgIpc) is 2.52. The first kappa shape index (κ1) is 18.6. The van der Waals surface area contributed by atoms with Crippen molar-refractivity contribution in [1.82, 2.24) is 0 Å². The molecular formula is C15H23FO6. The summed E-state index contributed by atoms with van der Waals surface area (Å²) >= 11 is 0. The maximum Gasteiger partial charge on any atom is 0.168 e. The van der Waals surface area contributed by atoms with Crippen molar-refractivity contribution in [2.75, 3.05) is 52.9 Å². The molecule has 126 valence electrons. The minimum Gasteiger partial charge on any atom is -0.505 e. The van der Waals surface area contributed by atoms with Crippen molar-refractivity contribution in [2.45, 2.75) is 6.42 Å². The predicted molar refractivity (Wildman–Crippen MR) is 77.7 cm³/mol. The second kappa shape index (κ2) is 12.2. The van der Waals surface area contributed by atoms with Crippen molar-refractivity contribution >= 4 is 0 Å². The third-order valence-corrected chi connectivity index (χ3v) is 2.60.